The summed E-state index contributed by atoms with van der Waals surface area (Å²) in [5.74, 6) is 0.359. The molecule has 0 saturated carbocycles. The maximum Gasteiger partial charge on any atom is 0.125 e. The van der Waals surface area contributed by atoms with Crippen LogP contribution in [0.1, 0.15) is 20.3 Å². The molecule has 1 rings (SSSR count). The molecule has 0 saturated heterocycles. The van der Waals surface area contributed by atoms with Gasteiger partial charge in [-0.15, -0.1) is 0 Å². The highest BCUT2D eigenvalue weighted by molar-refractivity contribution is 6.33. The van der Waals surface area contributed by atoms with E-state index in [9.17, 15) is 4.39 Å². The van der Waals surface area contributed by atoms with Gasteiger partial charge >= 0.3 is 0 Å². The van der Waals surface area contributed by atoms with Gasteiger partial charge < -0.3 is 10.1 Å². The van der Waals surface area contributed by atoms with Gasteiger partial charge in [-0.3, -0.25) is 0 Å². The largest absolute Gasteiger partial charge is 0.381 e. The Balaban J connectivity index is 2.20. The van der Waals surface area contributed by atoms with Gasteiger partial charge in [-0.25, -0.2) is 4.39 Å². The Morgan fingerprint density at radius 3 is 2.82 bits per heavy atom. The molecule has 4 heteroatoms. The van der Waals surface area contributed by atoms with Gasteiger partial charge in [-0.2, -0.15) is 0 Å². The van der Waals surface area contributed by atoms with Crippen LogP contribution in [0.25, 0.3) is 0 Å². The second kappa shape index (κ2) is 7.51. The van der Waals surface area contributed by atoms with E-state index in [1.54, 1.807) is 6.07 Å². The fraction of sp³-hybridized carbons (Fsp3) is 0.538. The van der Waals surface area contributed by atoms with Gasteiger partial charge in [0.2, 0.25) is 0 Å². The molecule has 0 radical (unpaired) electrons. The first-order valence-electron chi connectivity index (χ1n) is 5.86. The summed E-state index contributed by atoms with van der Waals surface area (Å²) >= 11 is 5.91. The number of benzene rings is 1. The van der Waals surface area contributed by atoms with E-state index >= 15 is 0 Å². The number of halogens is 2. The molecular formula is C13H19ClFNO. The second-order valence-corrected chi connectivity index (χ2v) is 4.75. The number of hydrogen-bond donors (Lipinski definition) is 1. The van der Waals surface area contributed by atoms with Crippen LogP contribution in [-0.4, -0.2) is 19.8 Å². The Kier molecular flexibility index (Phi) is 6.30. The Morgan fingerprint density at radius 1 is 1.35 bits per heavy atom. The smallest absolute Gasteiger partial charge is 0.125 e. The number of ether oxygens (including phenoxy) is 1. The normalized spacial score (nSPS) is 10.9. The number of hydrogen-bond acceptors (Lipinski definition) is 2. The van der Waals surface area contributed by atoms with Crippen LogP contribution in [0.3, 0.4) is 0 Å². The van der Waals surface area contributed by atoms with Crippen molar-refractivity contribution in [2.24, 2.45) is 5.92 Å². The fourth-order valence-corrected chi connectivity index (χ4v) is 1.50. The summed E-state index contributed by atoms with van der Waals surface area (Å²) < 4.78 is 18.4. The number of nitrogens with one attached hydrogen (secondary N) is 1. The van der Waals surface area contributed by atoms with Crippen molar-refractivity contribution >= 4 is 17.3 Å². The lowest BCUT2D eigenvalue weighted by Crippen LogP contribution is -2.11. The minimum atomic E-state index is -0.294. The number of anilines is 1. The highest BCUT2D eigenvalue weighted by Crippen LogP contribution is 2.21. The van der Waals surface area contributed by atoms with Gasteiger partial charge in [0.15, 0.2) is 0 Å². The first-order valence-corrected chi connectivity index (χ1v) is 6.24. The molecule has 0 aliphatic heterocycles. The molecule has 0 aliphatic rings. The zero-order chi connectivity index (χ0) is 12.7. The van der Waals surface area contributed by atoms with Crippen LogP contribution < -0.4 is 5.32 Å². The zero-order valence-corrected chi connectivity index (χ0v) is 11.1. The third-order valence-electron chi connectivity index (χ3n) is 2.33. The van der Waals surface area contributed by atoms with Crippen LogP contribution >= 0.6 is 11.6 Å². The zero-order valence-electron chi connectivity index (χ0n) is 10.3. The van der Waals surface area contributed by atoms with Gasteiger partial charge in [0.1, 0.15) is 5.82 Å². The van der Waals surface area contributed by atoms with E-state index < -0.39 is 0 Å². The molecule has 0 amide bonds. The van der Waals surface area contributed by atoms with Crippen LogP contribution in [0.15, 0.2) is 18.2 Å². The van der Waals surface area contributed by atoms with Crippen molar-refractivity contribution in [2.75, 3.05) is 25.1 Å². The van der Waals surface area contributed by atoms with Crippen molar-refractivity contribution in [3.63, 3.8) is 0 Å². The third kappa shape index (κ3) is 5.89. The molecule has 0 bridgehead atoms. The van der Waals surface area contributed by atoms with E-state index in [1.807, 2.05) is 0 Å². The van der Waals surface area contributed by atoms with Gasteiger partial charge in [-0.05, 0) is 30.5 Å². The molecule has 0 fully saturated rings. The lowest BCUT2D eigenvalue weighted by molar-refractivity contribution is 0.132. The first-order chi connectivity index (χ1) is 8.09. The lowest BCUT2D eigenvalue weighted by atomic mass is 10.1. The van der Waals surface area contributed by atoms with E-state index in [0.29, 0.717) is 29.8 Å². The molecule has 17 heavy (non-hydrogen) atoms. The van der Waals surface area contributed by atoms with E-state index in [2.05, 4.69) is 19.2 Å². The Hall–Kier alpha value is -0.800. The summed E-state index contributed by atoms with van der Waals surface area (Å²) in [4.78, 5) is 0. The lowest BCUT2D eigenvalue weighted by Gasteiger charge is -2.09. The van der Waals surface area contributed by atoms with Crippen molar-refractivity contribution in [3.05, 3.63) is 29.0 Å². The van der Waals surface area contributed by atoms with E-state index in [0.717, 1.165) is 13.0 Å². The van der Waals surface area contributed by atoms with Crippen LogP contribution in [0.5, 0.6) is 0 Å². The maximum atomic E-state index is 12.9. The third-order valence-corrected chi connectivity index (χ3v) is 2.66. The standard InChI is InChI=1S/C13H19ClFNO/c1-10(2)5-7-17-8-6-16-13-9-11(15)3-4-12(13)14/h3-4,9-10,16H,5-8H2,1-2H3. The average molecular weight is 260 g/mol. The molecular weight excluding hydrogens is 241 g/mol. The van der Waals surface area contributed by atoms with Crippen LogP contribution in [0, 0.1) is 11.7 Å². The molecule has 0 unspecified atom stereocenters. The predicted octanol–water partition coefficient (Wildman–Crippen LogP) is 3.95. The van der Waals surface area contributed by atoms with Gasteiger partial charge in [0.05, 0.1) is 17.3 Å². The first kappa shape index (κ1) is 14.3. The summed E-state index contributed by atoms with van der Waals surface area (Å²) in [5.41, 5.74) is 0.610. The molecule has 0 spiro atoms. The fourth-order valence-electron chi connectivity index (χ4n) is 1.31. The molecule has 2 nitrogen and oxygen atoms in total. The minimum Gasteiger partial charge on any atom is -0.381 e. The topological polar surface area (TPSA) is 21.3 Å². The Bertz CT molecular complexity index is 344. The van der Waals surface area contributed by atoms with Gasteiger partial charge in [0, 0.05) is 13.2 Å². The number of rotatable bonds is 7. The van der Waals surface area contributed by atoms with Crippen molar-refractivity contribution in [1.29, 1.82) is 0 Å². The highest BCUT2D eigenvalue weighted by atomic mass is 35.5. The molecule has 96 valence electrons. The molecule has 1 aromatic carbocycles. The van der Waals surface area contributed by atoms with E-state index in [4.69, 9.17) is 16.3 Å². The van der Waals surface area contributed by atoms with E-state index in [-0.39, 0.29) is 5.82 Å². The van der Waals surface area contributed by atoms with Crippen molar-refractivity contribution in [3.8, 4) is 0 Å². The molecule has 0 atom stereocenters. The summed E-state index contributed by atoms with van der Waals surface area (Å²) in [6.45, 7) is 6.30. The summed E-state index contributed by atoms with van der Waals surface area (Å²) in [6, 6.07) is 4.27. The predicted molar refractivity (Wildman–Crippen MR) is 70.2 cm³/mol. The summed E-state index contributed by atoms with van der Waals surface area (Å²) in [7, 11) is 0. The quantitative estimate of drug-likeness (QED) is 0.749. The monoisotopic (exact) mass is 259 g/mol. The van der Waals surface area contributed by atoms with Crippen LogP contribution in [-0.2, 0) is 4.74 Å². The van der Waals surface area contributed by atoms with Crippen molar-refractivity contribution in [1.82, 2.24) is 0 Å². The van der Waals surface area contributed by atoms with Gasteiger partial charge in [0.25, 0.3) is 0 Å². The second-order valence-electron chi connectivity index (χ2n) is 4.35. The van der Waals surface area contributed by atoms with Gasteiger partial charge in [-0.1, -0.05) is 25.4 Å². The van der Waals surface area contributed by atoms with Crippen LogP contribution in [0.2, 0.25) is 5.02 Å². The Morgan fingerprint density at radius 2 is 2.12 bits per heavy atom. The molecule has 0 aromatic heterocycles. The summed E-state index contributed by atoms with van der Waals surface area (Å²) in [6.07, 6.45) is 1.06. The van der Waals surface area contributed by atoms with Crippen molar-refractivity contribution in [2.45, 2.75) is 20.3 Å². The SMILES string of the molecule is CC(C)CCOCCNc1cc(F)ccc1Cl. The van der Waals surface area contributed by atoms with E-state index in [1.165, 1.54) is 12.1 Å². The summed E-state index contributed by atoms with van der Waals surface area (Å²) in [5, 5.41) is 3.57. The maximum absolute atomic E-state index is 12.9. The van der Waals surface area contributed by atoms with Crippen molar-refractivity contribution < 1.29 is 9.13 Å². The minimum absolute atomic E-state index is 0.294. The molecule has 0 aliphatic carbocycles. The Labute approximate surface area is 107 Å². The highest BCUT2D eigenvalue weighted by Gasteiger charge is 2.01. The average Bonchev–Trinajstić information content (AvgIpc) is 2.27. The van der Waals surface area contributed by atoms with Crippen LogP contribution in [0.4, 0.5) is 10.1 Å². The molecule has 1 aromatic rings. The molecule has 0 heterocycles. The molecule has 1 N–H and O–H groups in total.